The van der Waals surface area contributed by atoms with Crippen LogP contribution in [0.5, 0.6) is 0 Å². The minimum absolute atomic E-state index is 0.409. The Balaban J connectivity index is 3.11. The highest BCUT2D eigenvalue weighted by Gasteiger charge is 2.34. The molecule has 0 radical (unpaired) electrons. The normalized spacial score (nSPS) is 14.9. The van der Waals surface area contributed by atoms with Gasteiger partial charge in [0.05, 0.1) is 5.69 Å². The molecule has 13 heavy (non-hydrogen) atoms. The summed E-state index contributed by atoms with van der Waals surface area (Å²) >= 11 is 3.32. The van der Waals surface area contributed by atoms with E-state index < -0.39 is 10.2 Å². The van der Waals surface area contributed by atoms with Crippen molar-refractivity contribution in [3.63, 3.8) is 0 Å². The molecule has 0 saturated carbocycles. The van der Waals surface area contributed by atoms with E-state index >= 15 is 0 Å². The van der Waals surface area contributed by atoms with Gasteiger partial charge in [-0.05, 0) is 18.6 Å². The Morgan fingerprint density at radius 1 is 1.69 bits per heavy atom. The SMILES string of the molecule is CCC(Br)(C(N)=O)c1ccccn1. The van der Waals surface area contributed by atoms with Gasteiger partial charge in [-0.3, -0.25) is 9.78 Å². The average molecular weight is 243 g/mol. The molecule has 1 atom stereocenters. The number of nitrogens with zero attached hydrogens (tertiary/aromatic N) is 1. The highest BCUT2D eigenvalue weighted by Crippen LogP contribution is 2.32. The average Bonchev–Trinajstić information content (AvgIpc) is 2.17. The summed E-state index contributed by atoms with van der Waals surface area (Å²) in [5.41, 5.74) is 5.95. The van der Waals surface area contributed by atoms with Crippen LogP contribution in [0.2, 0.25) is 0 Å². The third kappa shape index (κ3) is 1.88. The molecule has 1 heterocycles. The molecule has 0 aliphatic rings. The molecule has 0 bridgehead atoms. The Morgan fingerprint density at radius 2 is 2.38 bits per heavy atom. The second-order valence-electron chi connectivity index (χ2n) is 2.73. The molecule has 2 N–H and O–H groups in total. The van der Waals surface area contributed by atoms with Gasteiger partial charge in [-0.2, -0.15) is 0 Å². The topological polar surface area (TPSA) is 56.0 Å². The summed E-state index contributed by atoms with van der Waals surface area (Å²) in [6, 6.07) is 5.41. The number of halogens is 1. The number of carbonyl (C=O) groups excluding carboxylic acids is 1. The zero-order valence-electron chi connectivity index (χ0n) is 7.33. The monoisotopic (exact) mass is 242 g/mol. The van der Waals surface area contributed by atoms with E-state index in [1.807, 2.05) is 13.0 Å². The predicted molar refractivity (Wildman–Crippen MR) is 54.3 cm³/mol. The quantitative estimate of drug-likeness (QED) is 0.819. The lowest BCUT2D eigenvalue weighted by molar-refractivity contribution is -0.120. The second kappa shape index (κ2) is 3.87. The van der Waals surface area contributed by atoms with Crippen molar-refractivity contribution in [3.05, 3.63) is 30.1 Å². The van der Waals surface area contributed by atoms with Crippen LogP contribution in [0, 0.1) is 0 Å². The van der Waals surface area contributed by atoms with E-state index in [4.69, 9.17) is 5.73 Å². The number of pyridine rings is 1. The van der Waals surface area contributed by atoms with Gasteiger partial charge in [0.25, 0.3) is 0 Å². The van der Waals surface area contributed by atoms with Crippen LogP contribution in [0.15, 0.2) is 24.4 Å². The second-order valence-corrected chi connectivity index (χ2v) is 4.09. The van der Waals surface area contributed by atoms with Gasteiger partial charge in [0, 0.05) is 6.20 Å². The highest BCUT2D eigenvalue weighted by atomic mass is 79.9. The number of rotatable bonds is 3. The molecule has 1 aromatic heterocycles. The number of alkyl halides is 1. The summed E-state index contributed by atoms with van der Waals surface area (Å²) in [5.74, 6) is -0.409. The third-order valence-electron chi connectivity index (χ3n) is 1.95. The van der Waals surface area contributed by atoms with E-state index in [1.54, 1.807) is 18.3 Å². The van der Waals surface area contributed by atoms with Crippen molar-refractivity contribution < 1.29 is 4.79 Å². The Hall–Kier alpha value is -0.900. The van der Waals surface area contributed by atoms with Crippen LogP contribution >= 0.6 is 15.9 Å². The molecule has 1 amide bonds. The number of nitrogens with two attached hydrogens (primary N) is 1. The van der Waals surface area contributed by atoms with Crippen molar-refractivity contribution in [2.24, 2.45) is 5.73 Å². The smallest absolute Gasteiger partial charge is 0.240 e. The summed E-state index contributed by atoms with van der Waals surface area (Å²) in [6.45, 7) is 1.88. The van der Waals surface area contributed by atoms with Crippen LogP contribution in [0.1, 0.15) is 19.0 Å². The van der Waals surface area contributed by atoms with Crippen LogP contribution in [0.4, 0.5) is 0 Å². The molecule has 4 heteroatoms. The summed E-state index contributed by atoms with van der Waals surface area (Å²) in [4.78, 5) is 15.3. The number of aromatic nitrogens is 1. The third-order valence-corrected chi connectivity index (χ3v) is 3.31. The number of hydrogen-bond acceptors (Lipinski definition) is 2. The molecule has 0 saturated heterocycles. The lowest BCUT2D eigenvalue weighted by Gasteiger charge is -2.20. The Labute approximate surface area is 85.5 Å². The summed E-state index contributed by atoms with van der Waals surface area (Å²) in [7, 11) is 0. The molecule has 70 valence electrons. The molecule has 1 rings (SSSR count). The van der Waals surface area contributed by atoms with E-state index in [-0.39, 0.29) is 0 Å². The number of hydrogen-bond donors (Lipinski definition) is 1. The van der Waals surface area contributed by atoms with Crippen molar-refractivity contribution in [2.45, 2.75) is 17.7 Å². The van der Waals surface area contributed by atoms with Crippen LogP contribution in [0.25, 0.3) is 0 Å². The van der Waals surface area contributed by atoms with Crippen molar-refractivity contribution in [1.82, 2.24) is 4.98 Å². The van der Waals surface area contributed by atoms with Crippen LogP contribution in [0.3, 0.4) is 0 Å². The number of amides is 1. The van der Waals surface area contributed by atoms with Gasteiger partial charge >= 0.3 is 0 Å². The van der Waals surface area contributed by atoms with E-state index in [0.717, 1.165) is 0 Å². The highest BCUT2D eigenvalue weighted by molar-refractivity contribution is 9.10. The lowest BCUT2D eigenvalue weighted by atomic mass is 10.0. The van der Waals surface area contributed by atoms with Gasteiger partial charge in [0.1, 0.15) is 4.32 Å². The van der Waals surface area contributed by atoms with Gasteiger partial charge in [0.2, 0.25) is 5.91 Å². The lowest BCUT2D eigenvalue weighted by Crippen LogP contribution is -2.35. The maximum Gasteiger partial charge on any atom is 0.240 e. The minimum Gasteiger partial charge on any atom is -0.368 e. The number of carbonyl (C=O) groups is 1. The van der Waals surface area contributed by atoms with Crippen molar-refractivity contribution in [3.8, 4) is 0 Å². The maximum atomic E-state index is 11.2. The fourth-order valence-electron chi connectivity index (χ4n) is 1.08. The first-order chi connectivity index (χ1) is 6.11. The van der Waals surface area contributed by atoms with Crippen LogP contribution in [-0.2, 0) is 9.12 Å². The fourth-order valence-corrected chi connectivity index (χ4v) is 1.31. The summed E-state index contributed by atoms with van der Waals surface area (Å²) < 4.78 is -0.825. The van der Waals surface area contributed by atoms with Crippen LogP contribution in [-0.4, -0.2) is 10.9 Å². The van der Waals surface area contributed by atoms with Crippen molar-refractivity contribution >= 4 is 21.8 Å². The predicted octanol–water partition coefficient (Wildman–Crippen LogP) is 1.57. The molecule has 0 spiro atoms. The molecule has 0 aromatic carbocycles. The van der Waals surface area contributed by atoms with E-state index in [2.05, 4.69) is 20.9 Å². The molecular formula is C9H11BrN2O. The van der Waals surface area contributed by atoms with Gasteiger partial charge < -0.3 is 5.73 Å². The van der Waals surface area contributed by atoms with E-state index in [0.29, 0.717) is 12.1 Å². The first-order valence-electron chi connectivity index (χ1n) is 4.01. The summed E-state index contributed by atoms with van der Waals surface area (Å²) in [6.07, 6.45) is 2.23. The fraction of sp³-hybridized carbons (Fsp3) is 0.333. The standard InChI is InChI=1S/C9H11BrN2O/c1-2-9(10,8(11)13)7-5-3-4-6-12-7/h3-6H,2H2,1H3,(H2,11,13). The van der Waals surface area contributed by atoms with E-state index in [9.17, 15) is 4.79 Å². The molecule has 1 aromatic rings. The van der Waals surface area contributed by atoms with Crippen LogP contribution < -0.4 is 5.73 Å². The molecule has 0 aliphatic heterocycles. The molecule has 1 unspecified atom stereocenters. The molecule has 0 fully saturated rings. The Morgan fingerprint density at radius 3 is 2.77 bits per heavy atom. The van der Waals surface area contributed by atoms with Gasteiger partial charge in [0.15, 0.2) is 0 Å². The van der Waals surface area contributed by atoms with E-state index in [1.165, 1.54) is 0 Å². The first kappa shape index (κ1) is 10.2. The van der Waals surface area contributed by atoms with Crippen molar-refractivity contribution in [2.75, 3.05) is 0 Å². The van der Waals surface area contributed by atoms with Gasteiger partial charge in [-0.15, -0.1) is 0 Å². The van der Waals surface area contributed by atoms with Gasteiger partial charge in [-0.1, -0.05) is 28.9 Å². The Bertz CT molecular complexity index is 302. The first-order valence-corrected chi connectivity index (χ1v) is 4.81. The number of primary amides is 1. The zero-order chi connectivity index (χ0) is 9.90. The largest absolute Gasteiger partial charge is 0.368 e. The van der Waals surface area contributed by atoms with Crippen molar-refractivity contribution in [1.29, 1.82) is 0 Å². The zero-order valence-corrected chi connectivity index (χ0v) is 8.91. The van der Waals surface area contributed by atoms with Gasteiger partial charge in [-0.25, -0.2) is 0 Å². The molecular weight excluding hydrogens is 232 g/mol. The molecule has 0 aliphatic carbocycles. The molecule has 3 nitrogen and oxygen atoms in total. The Kier molecular flexibility index (Phi) is 3.03. The summed E-state index contributed by atoms with van der Waals surface area (Å²) in [5, 5.41) is 0. The minimum atomic E-state index is -0.825. The maximum absolute atomic E-state index is 11.2.